The highest BCUT2D eigenvalue weighted by Crippen LogP contribution is 2.28. The molecule has 6 nitrogen and oxygen atoms in total. The average Bonchev–Trinajstić information content (AvgIpc) is 2.87. The van der Waals surface area contributed by atoms with Gasteiger partial charge in [0.2, 0.25) is 0 Å². The number of aromatic nitrogens is 2. The number of aryl methyl sites for hydroxylation is 1. The maximum absolute atomic E-state index is 12.1. The summed E-state index contributed by atoms with van der Waals surface area (Å²) in [5.74, 6) is 0.155. The van der Waals surface area contributed by atoms with Crippen molar-refractivity contribution in [3.8, 4) is 6.07 Å². The van der Waals surface area contributed by atoms with Gasteiger partial charge in [-0.2, -0.15) is 10.4 Å². The number of thiophene rings is 1. The predicted molar refractivity (Wildman–Crippen MR) is 70.8 cm³/mol. The van der Waals surface area contributed by atoms with Crippen LogP contribution in [0, 0.1) is 11.3 Å². The minimum absolute atomic E-state index is 0.155. The number of nitrogens with one attached hydrogen (secondary N) is 1. The zero-order valence-corrected chi connectivity index (χ0v) is 12.3. The van der Waals surface area contributed by atoms with Crippen molar-refractivity contribution in [1.82, 2.24) is 9.78 Å². The van der Waals surface area contributed by atoms with E-state index in [4.69, 9.17) is 5.26 Å². The molecule has 0 fully saturated rings. The topological polar surface area (TPSA) is 87.8 Å². The average molecular weight is 347 g/mol. The minimum Gasteiger partial charge on any atom is -0.262 e. The zero-order chi connectivity index (χ0) is 13.3. The van der Waals surface area contributed by atoms with E-state index in [1.54, 1.807) is 13.1 Å². The van der Waals surface area contributed by atoms with Gasteiger partial charge in [0.15, 0.2) is 5.82 Å². The summed E-state index contributed by atoms with van der Waals surface area (Å²) in [7, 11) is -2.13. The van der Waals surface area contributed by atoms with Gasteiger partial charge < -0.3 is 0 Å². The second-order valence-electron chi connectivity index (χ2n) is 3.31. The summed E-state index contributed by atoms with van der Waals surface area (Å²) in [5, 5.41) is 12.7. The molecule has 2 aromatic heterocycles. The molecule has 0 spiro atoms. The molecule has 0 radical (unpaired) electrons. The molecule has 2 rings (SSSR count). The van der Waals surface area contributed by atoms with Crippen LogP contribution in [0.2, 0.25) is 0 Å². The summed E-state index contributed by atoms with van der Waals surface area (Å²) < 4.78 is 28.7. The Bertz CT molecular complexity index is 726. The maximum atomic E-state index is 12.1. The first-order valence-corrected chi connectivity index (χ1v) is 7.73. The van der Waals surface area contributed by atoms with E-state index in [1.807, 2.05) is 6.07 Å². The minimum atomic E-state index is -3.69. The standard InChI is InChI=1S/C9H7BrN4O2S2/c1-14-9(6(4-11)5-12-14)13-18(15,16)8-3-2-7(10)17-8/h2-3,5,13H,1H3. The first kappa shape index (κ1) is 13.1. The molecule has 9 heteroatoms. The van der Waals surface area contributed by atoms with E-state index in [0.29, 0.717) is 3.79 Å². The van der Waals surface area contributed by atoms with Crippen molar-refractivity contribution in [3.05, 3.63) is 27.7 Å². The number of anilines is 1. The highest BCUT2D eigenvalue weighted by atomic mass is 79.9. The molecule has 2 aromatic rings. The first-order chi connectivity index (χ1) is 8.44. The van der Waals surface area contributed by atoms with Gasteiger partial charge >= 0.3 is 0 Å². The Kier molecular flexibility index (Phi) is 3.43. The molecule has 0 atom stereocenters. The van der Waals surface area contributed by atoms with E-state index >= 15 is 0 Å². The van der Waals surface area contributed by atoms with Crippen molar-refractivity contribution < 1.29 is 8.42 Å². The molecule has 0 aliphatic heterocycles. The van der Waals surface area contributed by atoms with Gasteiger partial charge in [-0.25, -0.2) is 8.42 Å². The van der Waals surface area contributed by atoms with Crippen molar-refractivity contribution in [2.75, 3.05) is 4.72 Å². The molecular weight excluding hydrogens is 340 g/mol. The summed E-state index contributed by atoms with van der Waals surface area (Å²) in [4.78, 5) is 0. The third-order valence-electron chi connectivity index (χ3n) is 2.10. The number of hydrogen-bond donors (Lipinski definition) is 1. The number of hydrogen-bond acceptors (Lipinski definition) is 5. The van der Waals surface area contributed by atoms with Gasteiger partial charge in [-0.15, -0.1) is 11.3 Å². The Labute approximate surface area is 116 Å². The molecule has 94 valence electrons. The van der Waals surface area contributed by atoms with Gasteiger partial charge in [0.05, 0.1) is 9.98 Å². The Morgan fingerprint density at radius 3 is 2.83 bits per heavy atom. The van der Waals surface area contributed by atoms with Crippen molar-refractivity contribution in [1.29, 1.82) is 5.26 Å². The number of nitrogens with zero attached hydrogens (tertiary/aromatic N) is 3. The molecule has 0 aliphatic carbocycles. The van der Waals surface area contributed by atoms with Crippen LogP contribution >= 0.6 is 27.3 Å². The summed E-state index contributed by atoms with van der Waals surface area (Å²) >= 11 is 4.29. The van der Waals surface area contributed by atoms with Crippen LogP contribution in [0.15, 0.2) is 26.3 Å². The second kappa shape index (κ2) is 4.72. The van der Waals surface area contributed by atoms with Gasteiger partial charge in [0, 0.05) is 7.05 Å². The smallest absolute Gasteiger partial charge is 0.262 e. The van der Waals surface area contributed by atoms with Crippen molar-refractivity contribution in [2.45, 2.75) is 4.21 Å². The summed E-state index contributed by atoms with van der Waals surface area (Å²) in [6.45, 7) is 0. The predicted octanol–water partition coefficient (Wildman–Crippen LogP) is 1.92. The monoisotopic (exact) mass is 346 g/mol. The summed E-state index contributed by atoms with van der Waals surface area (Å²) in [5.41, 5.74) is 0.177. The molecule has 0 unspecified atom stereocenters. The maximum Gasteiger partial charge on any atom is 0.272 e. The van der Waals surface area contributed by atoms with Crippen LogP contribution in [0.1, 0.15) is 5.56 Å². The van der Waals surface area contributed by atoms with E-state index in [0.717, 1.165) is 11.3 Å². The molecule has 18 heavy (non-hydrogen) atoms. The molecule has 0 saturated carbocycles. The quantitative estimate of drug-likeness (QED) is 0.919. The number of sulfonamides is 1. The fourth-order valence-corrected chi connectivity index (χ4v) is 4.38. The lowest BCUT2D eigenvalue weighted by atomic mass is 10.4. The van der Waals surface area contributed by atoms with Gasteiger partial charge in [-0.3, -0.25) is 9.40 Å². The van der Waals surface area contributed by atoms with Gasteiger partial charge in [-0.05, 0) is 28.1 Å². The highest BCUT2D eigenvalue weighted by molar-refractivity contribution is 9.11. The van der Waals surface area contributed by atoms with Crippen molar-refractivity contribution >= 4 is 43.1 Å². The lowest BCUT2D eigenvalue weighted by Gasteiger charge is -2.06. The SMILES string of the molecule is Cn1ncc(C#N)c1NS(=O)(=O)c1ccc(Br)s1. The fourth-order valence-electron chi connectivity index (χ4n) is 1.26. The number of rotatable bonds is 3. The van der Waals surface area contributed by atoms with E-state index in [2.05, 4.69) is 25.8 Å². The van der Waals surface area contributed by atoms with E-state index in [1.165, 1.54) is 16.9 Å². The molecule has 0 aromatic carbocycles. The molecule has 0 amide bonds. The highest BCUT2D eigenvalue weighted by Gasteiger charge is 2.20. The third-order valence-corrected chi connectivity index (χ3v) is 5.56. The first-order valence-electron chi connectivity index (χ1n) is 4.64. The Morgan fingerprint density at radius 1 is 1.56 bits per heavy atom. The Morgan fingerprint density at radius 2 is 2.28 bits per heavy atom. The molecule has 0 bridgehead atoms. The van der Waals surface area contributed by atoms with Crippen molar-refractivity contribution in [3.63, 3.8) is 0 Å². The normalized spacial score (nSPS) is 11.2. The van der Waals surface area contributed by atoms with Gasteiger partial charge in [0.1, 0.15) is 15.8 Å². The molecular formula is C9H7BrN4O2S2. The van der Waals surface area contributed by atoms with Crippen LogP contribution in [0.25, 0.3) is 0 Å². The largest absolute Gasteiger partial charge is 0.272 e. The lowest BCUT2D eigenvalue weighted by molar-refractivity contribution is 0.602. The van der Waals surface area contributed by atoms with Crippen LogP contribution < -0.4 is 4.72 Å². The molecule has 2 heterocycles. The Balaban J connectivity index is 2.40. The Hall–Kier alpha value is -1.37. The lowest BCUT2D eigenvalue weighted by Crippen LogP contribution is -2.15. The fraction of sp³-hybridized carbons (Fsp3) is 0.111. The summed E-state index contributed by atoms with van der Waals surface area (Å²) in [6.07, 6.45) is 1.31. The molecule has 1 N–H and O–H groups in total. The zero-order valence-electron chi connectivity index (χ0n) is 9.08. The molecule has 0 saturated heterocycles. The van der Waals surface area contributed by atoms with Crippen LogP contribution in [-0.2, 0) is 17.1 Å². The van der Waals surface area contributed by atoms with E-state index in [-0.39, 0.29) is 15.6 Å². The number of halogens is 1. The van der Waals surface area contributed by atoms with Gasteiger partial charge in [-0.1, -0.05) is 0 Å². The second-order valence-corrected chi connectivity index (χ2v) is 7.68. The van der Waals surface area contributed by atoms with Crippen LogP contribution in [-0.4, -0.2) is 18.2 Å². The summed E-state index contributed by atoms with van der Waals surface area (Å²) in [6, 6.07) is 5.01. The van der Waals surface area contributed by atoms with Gasteiger partial charge in [0.25, 0.3) is 10.0 Å². The van der Waals surface area contributed by atoms with Crippen molar-refractivity contribution in [2.24, 2.45) is 7.05 Å². The van der Waals surface area contributed by atoms with E-state index < -0.39 is 10.0 Å². The van der Waals surface area contributed by atoms with E-state index in [9.17, 15) is 8.42 Å². The third kappa shape index (κ3) is 2.40. The van der Waals surface area contributed by atoms with Crippen LogP contribution in [0.4, 0.5) is 5.82 Å². The molecule has 0 aliphatic rings. The number of nitriles is 1. The van der Waals surface area contributed by atoms with Crippen LogP contribution in [0.5, 0.6) is 0 Å². The van der Waals surface area contributed by atoms with Crippen LogP contribution in [0.3, 0.4) is 0 Å².